The third-order valence-electron chi connectivity index (χ3n) is 5.35. The maximum atomic E-state index is 11.5. The van der Waals surface area contributed by atoms with Gasteiger partial charge in [-0.05, 0) is 55.2 Å². The molecule has 1 heterocycles. The average molecular weight is 420 g/mol. The molecule has 2 aromatic carbocycles. The lowest BCUT2D eigenvalue weighted by atomic mass is 10.1. The summed E-state index contributed by atoms with van der Waals surface area (Å²) in [4.78, 5) is 18.8. The van der Waals surface area contributed by atoms with Crippen molar-refractivity contribution in [1.82, 2.24) is 9.55 Å². The van der Waals surface area contributed by atoms with Crippen LogP contribution in [-0.4, -0.2) is 35.2 Å². The van der Waals surface area contributed by atoms with E-state index in [4.69, 9.17) is 9.72 Å². The van der Waals surface area contributed by atoms with Crippen molar-refractivity contribution in [1.29, 1.82) is 0 Å². The molecular weight excluding hydrogens is 386 g/mol. The molecule has 0 N–H and O–H groups in total. The Bertz CT molecular complexity index is 1030. The molecule has 0 atom stereocenters. The van der Waals surface area contributed by atoms with E-state index in [1.807, 2.05) is 12.1 Å². The summed E-state index contributed by atoms with van der Waals surface area (Å²) in [5.74, 6) is 0.724. The third kappa shape index (κ3) is 5.75. The summed E-state index contributed by atoms with van der Waals surface area (Å²) in [6.45, 7) is 8.76. The quantitative estimate of drug-likeness (QED) is 0.328. The number of ether oxygens (including phenoxy) is 1. The van der Waals surface area contributed by atoms with Crippen LogP contribution in [0.1, 0.15) is 50.6 Å². The lowest BCUT2D eigenvalue weighted by Gasteiger charge is -2.23. The molecule has 5 heteroatoms. The van der Waals surface area contributed by atoms with Crippen molar-refractivity contribution in [3.8, 4) is 0 Å². The van der Waals surface area contributed by atoms with Crippen LogP contribution in [0.3, 0.4) is 0 Å². The molecule has 0 aliphatic rings. The smallest absolute Gasteiger partial charge is 0.330 e. The van der Waals surface area contributed by atoms with Gasteiger partial charge in [-0.1, -0.05) is 38.1 Å². The van der Waals surface area contributed by atoms with Crippen molar-refractivity contribution in [3.05, 3.63) is 65.5 Å². The number of anilines is 1. The average Bonchev–Trinajstić information content (AvgIpc) is 3.08. The van der Waals surface area contributed by atoms with Crippen LogP contribution in [-0.2, 0) is 23.0 Å². The molecule has 0 aliphatic heterocycles. The molecule has 1 aromatic heterocycles. The highest BCUT2D eigenvalue weighted by Gasteiger charge is 2.12. The standard InChI is InChI=1S/C26H33N3O2/c1-5-16-29(17-6-2)22-13-14-24-23(19-22)27-25(28(24)4)18-21-10-8-20(9-11-21)12-15-26(30)31-7-3/h8-15,19H,5-7,16-18H2,1-4H3/b15-12+. The number of fused-ring (bicyclic) bond motifs is 1. The molecule has 3 rings (SSSR count). The van der Waals surface area contributed by atoms with Crippen molar-refractivity contribution < 1.29 is 9.53 Å². The number of carbonyl (C=O) groups excluding carboxylic acids is 1. The van der Waals surface area contributed by atoms with E-state index in [0.29, 0.717) is 6.61 Å². The number of imidazole rings is 1. The SMILES string of the molecule is CCCN(CCC)c1ccc2c(c1)nc(Cc1ccc(/C=C/C(=O)OCC)cc1)n2C. The fraction of sp³-hybridized carbons (Fsp3) is 0.385. The van der Waals surface area contributed by atoms with Gasteiger partial charge in [-0.3, -0.25) is 0 Å². The second kappa shape index (κ2) is 10.8. The lowest BCUT2D eigenvalue weighted by Crippen LogP contribution is -2.24. The van der Waals surface area contributed by atoms with Crippen molar-refractivity contribution in [3.63, 3.8) is 0 Å². The van der Waals surface area contributed by atoms with Crippen LogP contribution >= 0.6 is 0 Å². The van der Waals surface area contributed by atoms with E-state index in [2.05, 4.69) is 60.7 Å². The summed E-state index contributed by atoms with van der Waals surface area (Å²) < 4.78 is 7.10. The number of hydrogen-bond acceptors (Lipinski definition) is 4. The topological polar surface area (TPSA) is 47.4 Å². The molecule has 3 aromatic rings. The largest absolute Gasteiger partial charge is 0.463 e. The molecule has 0 fully saturated rings. The summed E-state index contributed by atoms with van der Waals surface area (Å²) >= 11 is 0. The van der Waals surface area contributed by atoms with Gasteiger partial charge in [0.2, 0.25) is 0 Å². The maximum Gasteiger partial charge on any atom is 0.330 e. The summed E-state index contributed by atoms with van der Waals surface area (Å²) in [6.07, 6.45) is 6.27. The number of hydrogen-bond donors (Lipinski definition) is 0. The molecule has 0 unspecified atom stereocenters. The van der Waals surface area contributed by atoms with Gasteiger partial charge in [0.05, 0.1) is 17.6 Å². The van der Waals surface area contributed by atoms with Crippen LogP contribution < -0.4 is 4.90 Å². The first-order valence-corrected chi connectivity index (χ1v) is 11.2. The zero-order valence-electron chi connectivity index (χ0n) is 19.1. The number of aromatic nitrogens is 2. The van der Waals surface area contributed by atoms with Gasteiger partial charge >= 0.3 is 5.97 Å². The number of rotatable bonds is 10. The summed E-state index contributed by atoms with van der Waals surface area (Å²) in [7, 11) is 2.08. The normalized spacial score (nSPS) is 11.4. The Morgan fingerprint density at radius 2 is 1.77 bits per heavy atom. The fourth-order valence-corrected chi connectivity index (χ4v) is 3.79. The Balaban J connectivity index is 1.77. The first-order valence-electron chi connectivity index (χ1n) is 11.2. The monoisotopic (exact) mass is 419 g/mol. The zero-order chi connectivity index (χ0) is 22.2. The molecule has 0 bridgehead atoms. The van der Waals surface area contributed by atoms with Crippen LogP contribution in [0.5, 0.6) is 0 Å². The Morgan fingerprint density at radius 3 is 2.42 bits per heavy atom. The first-order chi connectivity index (χ1) is 15.0. The molecule has 0 amide bonds. The van der Waals surface area contributed by atoms with Gasteiger partial charge < -0.3 is 14.2 Å². The summed E-state index contributed by atoms with van der Waals surface area (Å²) in [5.41, 5.74) is 5.60. The number of aryl methyl sites for hydroxylation is 1. The number of benzene rings is 2. The molecule has 31 heavy (non-hydrogen) atoms. The predicted octanol–water partition coefficient (Wildman–Crippen LogP) is 5.37. The van der Waals surface area contributed by atoms with E-state index >= 15 is 0 Å². The second-order valence-electron chi connectivity index (χ2n) is 7.75. The van der Waals surface area contributed by atoms with E-state index < -0.39 is 0 Å². The molecule has 164 valence electrons. The van der Waals surface area contributed by atoms with Crippen LogP contribution in [0.15, 0.2) is 48.5 Å². The zero-order valence-corrected chi connectivity index (χ0v) is 19.1. The van der Waals surface area contributed by atoms with Crippen LogP contribution in [0, 0.1) is 0 Å². The third-order valence-corrected chi connectivity index (χ3v) is 5.35. The predicted molar refractivity (Wildman–Crippen MR) is 128 cm³/mol. The van der Waals surface area contributed by atoms with Gasteiger partial charge in [-0.2, -0.15) is 0 Å². The van der Waals surface area contributed by atoms with Crippen LogP contribution in [0.25, 0.3) is 17.1 Å². The van der Waals surface area contributed by atoms with E-state index in [0.717, 1.165) is 54.8 Å². The molecule has 0 aliphatic carbocycles. The lowest BCUT2D eigenvalue weighted by molar-refractivity contribution is -0.137. The Hall–Kier alpha value is -3.08. The summed E-state index contributed by atoms with van der Waals surface area (Å²) in [5, 5.41) is 0. The minimum atomic E-state index is -0.318. The summed E-state index contributed by atoms with van der Waals surface area (Å²) in [6, 6.07) is 14.8. The van der Waals surface area contributed by atoms with Crippen molar-refractivity contribution in [2.75, 3.05) is 24.6 Å². The van der Waals surface area contributed by atoms with Gasteiger partial charge in [0, 0.05) is 38.3 Å². The highest BCUT2D eigenvalue weighted by atomic mass is 16.5. The van der Waals surface area contributed by atoms with Gasteiger partial charge in [-0.15, -0.1) is 0 Å². The fourth-order valence-electron chi connectivity index (χ4n) is 3.79. The molecule has 0 radical (unpaired) electrons. The number of carbonyl (C=O) groups is 1. The van der Waals surface area contributed by atoms with Crippen molar-refractivity contribution in [2.45, 2.75) is 40.0 Å². The van der Waals surface area contributed by atoms with E-state index in [-0.39, 0.29) is 5.97 Å². The van der Waals surface area contributed by atoms with Crippen LogP contribution in [0.2, 0.25) is 0 Å². The van der Waals surface area contributed by atoms with Gasteiger partial charge in [0.25, 0.3) is 0 Å². The van der Waals surface area contributed by atoms with Crippen molar-refractivity contribution >= 4 is 28.8 Å². The molecule has 5 nitrogen and oxygen atoms in total. The molecule has 0 spiro atoms. The van der Waals surface area contributed by atoms with E-state index in [1.54, 1.807) is 13.0 Å². The van der Waals surface area contributed by atoms with E-state index in [9.17, 15) is 4.79 Å². The molecule has 0 saturated heterocycles. The Kier molecular flexibility index (Phi) is 7.88. The van der Waals surface area contributed by atoms with Gasteiger partial charge in [0.1, 0.15) is 5.82 Å². The highest BCUT2D eigenvalue weighted by molar-refractivity contribution is 5.87. The maximum absolute atomic E-state index is 11.5. The molecular formula is C26H33N3O2. The number of esters is 1. The van der Waals surface area contributed by atoms with Crippen LogP contribution in [0.4, 0.5) is 5.69 Å². The van der Waals surface area contributed by atoms with Gasteiger partial charge in [-0.25, -0.2) is 9.78 Å². The highest BCUT2D eigenvalue weighted by Crippen LogP contribution is 2.24. The minimum Gasteiger partial charge on any atom is -0.463 e. The van der Waals surface area contributed by atoms with Gasteiger partial charge in [0.15, 0.2) is 0 Å². The first kappa shape index (κ1) is 22.6. The Labute approximate surface area is 185 Å². The number of nitrogens with zero attached hydrogens (tertiary/aromatic N) is 3. The molecule has 0 saturated carbocycles. The second-order valence-corrected chi connectivity index (χ2v) is 7.75. The van der Waals surface area contributed by atoms with Crippen molar-refractivity contribution in [2.24, 2.45) is 7.05 Å². The minimum absolute atomic E-state index is 0.318. The Morgan fingerprint density at radius 1 is 1.06 bits per heavy atom. The van der Waals surface area contributed by atoms with E-state index in [1.165, 1.54) is 17.3 Å².